The highest BCUT2D eigenvalue weighted by Crippen LogP contribution is 2.20. The first-order valence-corrected chi connectivity index (χ1v) is 7.50. The normalized spacial score (nSPS) is 11.8. The molecule has 0 fully saturated rings. The van der Waals surface area contributed by atoms with Crippen molar-refractivity contribution in [2.45, 2.75) is 11.4 Å². The van der Waals surface area contributed by atoms with Gasteiger partial charge in [-0.15, -0.1) is 0 Å². The van der Waals surface area contributed by atoms with Gasteiger partial charge in [0.1, 0.15) is 11.6 Å². The second-order valence-electron chi connectivity index (χ2n) is 4.61. The van der Waals surface area contributed by atoms with Crippen LogP contribution in [-0.2, 0) is 16.6 Å². The highest BCUT2D eigenvalue weighted by molar-refractivity contribution is 7.89. The molecule has 0 unspecified atom stereocenters. The molecular formula is C14H14F2N2O2S. The summed E-state index contributed by atoms with van der Waals surface area (Å²) in [4.78, 5) is -0.237. The van der Waals surface area contributed by atoms with E-state index < -0.39 is 21.7 Å². The quantitative estimate of drug-likeness (QED) is 0.882. The van der Waals surface area contributed by atoms with Crippen molar-refractivity contribution in [3.05, 3.63) is 59.7 Å². The number of sulfonamides is 1. The molecule has 2 rings (SSSR count). The fourth-order valence-electron chi connectivity index (χ4n) is 1.89. The van der Waals surface area contributed by atoms with Crippen LogP contribution in [0.3, 0.4) is 0 Å². The fourth-order valence-corrected chi connectivity index (χ4v) is 3.12. The molecule has 0 aliphatic heterocycles. The molecule has 21 heavy (non-hydrogen) atoms. The predicted molar refractivity (Wildman–Crippen MR) is 75.9 cm³/mol. The standard InChI is InChI=1S/C14H14F2N2O2S/c1-18(9-10-3-2-4-11(15)5-10)21(19,20)14-7-12(16)6-13(17)8-14/h2-8H,9,17H2,1H3. The summed E-state index contributed by atoms with van der Waals surface area (Å²) in [6.45, 7) is -0.0312. The van der Waals surface area contributed by atoms with Crippen LogP contribution in [0.25, 0.3) is 0 Å². The number of hydrogen-bond acceptors (Lipinski definition) is 3. The lowest BCUT2D eigenvalue weighted by Crippen LogP contribution is -2.26. The van der Waals surface area contributed by atoms with Crippen molar-refractivity contribution in [2.75, 3.05) is 12.8 Å². The number of nitrogens with zero attached hydrogens (tertiary/aromatic N) is 1. The Kier molecular flexibility index (Phi) is 4.24. The lowest BCUT2D eigenvalue weighted by atomic mass is 10.2. The van der Waals surface area contributed by atoms with Crippen LogP contribution in [0, 0.1) is 11.6 Å². The average Bonchev–Trinajstić information content (AvgIpc) is 2.37. The van der Waals surface area contributed by atoms with E-state index in [0.717, 1.165) is 16.4 Å². The van der Waals surface area contributed by atoms with Crippen molar-refractivity contribution in [1.29, 1.82) is 0 Å². The molecule has 2 aromatic rings. The Labute approximate surface area is 121 Å². The molecule has 0 spiro atoms. The van der Waals surface area contributed by atoms with Gasteiger partial charge < -0.3 is 5.73 Å². The van der Waals surface area contributed by atoms with Gasteiger partial charge in [-0.1, -0.05) is 12.1 Å². The Balaban J connectivity index is 2.30. The van der Waals surface area contributed by atoms with Crippen LogP contribution < -0.4 is 5.73 Å². The van der Waals surface area contributed by atoms with E-state index in [1.54, 1.807) is 6.07 Å². The molecule has 7 heteroatoms. The van der Waals surface area contributed by atoms with Crippen LogP contribution in [0.4, 0.5) is 14.5 Å². The van der Waals surface area contributed by atoms with Crippen molar-refractivity contribution in [1.82, 2.24) is 4.31 Å². The fraction of sp³-hybridized carbons (Fsp3) is 0.143. The molecule has 0 bridgehead atoms. The minimum Gasteiger partial charge on any atom is -0.399 e. The smallest absolute Gasteiger partial charge is 0.243 e. The Morgan fingerprint density at radius 2 is 1.81 bits per heavy atom. The topological polar surface area (TPSA) is 63.4 Å². The Morgan fingerprint density at radius 3 is 2.43 bits per heavy atom. The van der Waals surface area contributed by atoms with E-state index in [-0.39, 0.29) is 17.1 Å². The molecule has 2 aromatic carbocycles. The van der Waals surface area contributed by atoms with Crippen molar-refractivity contribution in [3.63, 3.8) is 0 Å². The molecule has 0 radical (unpaired) electrons. The number of nitrogen functional groups attached to an aromatic ring is 1. The van der Waals surface area contributed by atoms with Gasteiger partial charge in [-0.25, -0.2) is 17.2 Å². The molecule has 2 N–H and O–H groups in total. The van der Waals surface area contributed by atoms with Crippen molar-refractivity contribution >= 4 is 15.7 Å². The molecule has 0 aliphatic carbocycles. The van der Waals surface area contributed by atoms with Gasteiger partial charge in [-0.05, 0) is 35.9 Å². The first-order valence-electron chi connectivity index (χ1n) is 6.06. The van der Waals surface area contributed by atoms with E-state index in [0.29, 0.717) is 5.56 Å². The Morgan fingerprint density at radius 1 is 1.10 bits per heavy atom. The van der Waals surface area contributed by atoms with E-state index in [1.165, 1.54) is 31.3 Å². The zero-order valence-electron chi connectivity index (χ0n) is 11.3. The van der Waals surface area contributed by atoms with Gasteiger partial charge in [0.25, 0.3) is 0 Å². The molecule has 4 nitrogen and oxygen atoms in total. The summed E-state index contributed by atoms with van der Waals surface area (Å²) < 4.78 is 52.1. The Bertz CT molecular complexity index is 743. The van der Waals surface area contributed by atoms with Crippen LogP contribution in [0.2, 0.25) is 0 Å². The number of benzene rings is 2. The van der Waals surface area contributed by atoms with Gasteiger partial charge in [0.05, 0.1) is 4.90 Å². The summed E-state index contributed by atoms with van der Waals surface area (Å²) in [6, 6.07) is 8.72. The van der Waals surface area contributed by atoms with Crippen molar-refractivity contribution < 1.29 is 17.2 Å². The molecule has 0 aliphatic rings. The molecule has 0 saturated heterocycles. The van der Waals surface area contributed by atoms with Gasteiger partial charge >= 0.3 is 0 Å². The average molecular weight is 312 g/mol. The Hall–Kier alpha value is -1.99. The SMILES string of the molecule is CN(Cc1cccc(F)c1)S(=O)(=O)c1cc(N)cc(F)c1. The minimum atomic E-state index is -3.90. The maximum atomic E-state index is 13.3. The second-order valence-corrected chi connectivity index (χ2v) is 6.66. The van der Waals surface area contributed by atoms with Crippen LogP contribution in [0.5, 0.6) is 0 Å². The lowest BCUT2D eigenvalue weighted by molar-refractivity contribution is 0.464. The highest BCUT2D eigenvalue weighted by atomic mass is 32.2. The molecule has 0 amide bonds. The zero-order valence-corrected chi connectivity index (χ0v) is 12.1. The number of halogens is 2. The molecular weight excluding hydrogens is 298 g/mol. The summed E-state index contributed by atoms with van der Waals surface area (Å²) in [7, 11) is -2.57. The maximum Gasteiger partial charge on any atom is 0.243 e. The third-order valence-electron chi connectivity index (χ3n) is 2.90. The van der Waals surface area contributed by atoms with Crippen molar-refractivity contribution in [2.24, 2.45) is 0 Å². The van der Waals surface area contributed by atoms with Crippen LogP contribution in [-0.4, -0.2) is 19.8 Å². The third-order valence-corrected chi connectivity index (χ3v) is 4.68. The summed E-state index contributed by atoms with van der Waals surface area (Å²) in [5.74, 6) is -1.18. The van der Waals surface area contributed by atoms with E-state index in [1.807, 2.05) is 0 Å². The van der Waals surface area contributed by atoms with Gasteiger partial charge in [-0.2, -0.15) is 4.31 Å². The number of rotatable bonds is 4. The van der Waals surface area contributed by atoms with Crippen LogP contribution in [0.15, 0.2) is 47.4 Å². The molecule has 112 valence electrons. The largest absolute Gasteiger partial charge is 0.399 e. The van der Waals surface area contributed by atoms with Crippen LogP contribution >= 0.6 is 0 Å². The number of anilines is 1. The predicted octanol–water partition coefficient (Wildman–Crippen LogP) is 2.37. The van der Waals surface area contributed by atoms with Crippen LogP contribution in [0.1, 0.15) is 5.56 Å². The van der Waals surface area contributed by atoms with E-state index in [9.17, 15) is 17.2 Å². The van der Waals surface area contributed by atoms with Gasteiger partial charge in [-0.3, -0.25) is 0 Å². The second kappa shape index (κ2) is 5.79. The highest BCUT2D eigenvalue weighted by Gasteiger charge is 2.22. The zero-order chi connectivity index (χ0) is 15.6. The minimum absolute atomic E-state index is 0.0210. The molecule has 0 heterocycles. The summed E-state index contributed by atoms with van der Waals surface area (Å²) in [6.07, 6.45) is 0. The van der Waals surface area contributed by atoms with E-state index in [2.05, 4.69) is 0 Å². The first kappa shape index (κ1) is 15.4. The van der Waals surface area contributed by atoms with Gasteiger partial charge in [0, 0.05) is 19.3 Å². The maximum absolute atomic E-state index is 13.3. The van der Waals surface area contributed by atoms with E-state index in [4.69, 9.17) is 5.73 Å². The van der Waals surface area contributed by atoms with E-state index >= 15 is 0 Å². The van der Waals surface area contributed by atoms with Gasteiger partial charge in [0.15, 0.2) is 0 Å². The summed E-state index contributed by atoms with van der Waals surface area (Å²) in [5, 5.41) is 0. The van der Waals surface area contributed by atoms with Gasteiger partial charge in [0.2, 0.25) is 10.0 Å². The summed E-state index contributed by atoms with van der Waals surface area (Å²) >= 11 is 0. The lowest BCUT2D eigenvalue weighted by Gasteiger charge is -2.17. The number of nitrogens with two attached hydrogens (primary N) is 1. The summed E-state index contributed by atoms with van der Waals surface area (Å²) in [5.41, 5.74) is 5.97. The molecule has 0 saturated carbocycles. The molecule has 0 atom stereocenters. The molecule has 0 aromatic heterocycles. The monoisotopic (exact) mass is 312 g/mol. The van der Waals surface area contributed by atoms with Crippen molar-refractivity contribution in [3.8, 4) is 0 Å². The first-order chi connectivity index (χ1) is 9.79. The third kappa shape index (κ3) is 3.56. The number of hydrogen-bond donors (Lipinski definition) is 1.